The molecule has 1 aliphatic rings. The molecule has 0 saturated heterocycles. The summed E-state index contributed by atoms with van der Waals surface area (Å²) >= 11 is 0. The van der Waals surface area contributed by atoms with Crippen LogP contribution in [0.15, 0.2) is 29.4 Å². The molecule has 0 saturated carbocycles. The summed E-state index contributed by atoms with van der Waals surface area (Å²) < 4.78 is 15.4. The highest BCUT2D eigenvalue weighted by molar-refractivity contribution is 7.43. The quantitative estimate of drug-likeness (QED) is 0.271. The fraction of sp³-hybridized carbons (Fsp3) is 0.222. The molecule has 2 rings (SSSR count). The molecule has 0 amide bonds. The third kappa shape index (κ3) is 2.85. The molecule has 0 spiro atoms. The lowest BCUT2D eigenvalue weighted by molar-refractivity contribution is 0.0673. The van der Waals surface area contributed by atoms with Crippen LogP contribution in [0.3, 0.4) is 0 Å². The van der Waals surface area contributed by atoms with Crippen molar-refractivity contribution in [1.82, 2.24) is 0 Å². The molecular formula is C9H8N3O4P. The van der Waals surface area contributed by atoms with Crippen molar-refractivity contribution in [3.8, 4) is 5.75 Å². The molecule has 88 valence electrons. The van der Waals surface area contributed by atoms with Gasteiger partial charge in [-0.25, -0.2) is 4.79 Å². The van der Waals surface area contributed by atoms with Crippen molar-refractivity contribution in [2.45, 2.75) is 0 Å². The molecule has 0 radical (unpaired) electrons. The predicted molar refractivity (Wildman–Crippen MR) is 59.4 cm³/mol. The van der Waals surface area contributed by atoms with Crippen molar-refractivity contribution in [3.05, 3.63) is 40.3 Å². The zero-order valence-corrected chi connectivity index (χ0v) is 9.54. The minimum absolute atomic E-state index is 0.144. The SMILES string of the molecule is [N-]=[N+]=NCCOP1OC(=O)c2ccccc2O1. The number of azide groups is 1. The zero-order valence-electron chi connectivity index (χ0n) is 8.65. The van der Waals surface area contributed by atoms with Gasteiger partial charge in [0.1, 0.15) is 11.3 Å². The first-order valence-electron chi connectivity index (χ1n) is 4.74. The lowest BCUT2D eigenvalue weighted by Gasteiger charge is -2.22. The predicted octanol–water partition coefficient (Wildman–Crippen LogP) is 2.79. The number of rotatable bonds is 4. The zero-order chi connectivity index (χ0) is 12.1. The number of carbonyl (C=O) groups excluding carboxylic acids is 1. The van der Waals surface area contributed by atoms with E-state index in [9.17, 15) is 4.79 Å². The average molecular weight is 253 g/mol. The summed E-state index contributed by atoms with van der Waals surface area (Å²) in [4.78, 5) is 14.1. The minimum Gasteiger partial charge on any atom is -0.417 e. The summed E-state index contributed by atoms with van der Waals surface area (Å²) in [6.45, 7) is 0.309. The van der Waals surface area contributed by atoms with Crippen LogP contribution in [-0.2, 0) is 9.05 Å². The Bertz CT molecular complexity index is 475. The first kappa shape index (κ1) is 11.7. The van der Waals surface area contributed by atoms with Crippen molar-refractivity contribution in [3.63, 3.8) is 0 Å². The normalized spacial score (nSPS) is 17.4. The van der Waals surface area contributed by atoms with Gasteiger partial charge in [-0.05, 0) is 17.7 Å². The Morgan fingerprint density at radius 2 is 2.24 bits per heavy atom. The Hall–Kier alpha value is -1.81. The lowest BCUT2D eigenvalue weighted by atomic mass is 10.2. The summed E-state index contributed by atoms with van der Waals surface area (Å²) in [5, 5.41) is 3.29. The third-order valence-electron chi connectivity index (χ3n) is 1.89. The van der Waals surface area contributed by atoms with Gasteiger partial charge in [0, 0.05) is 11.5 Å². The van der Waals surface area contributed by atoms with E-state index in [1.165, 1.54) is 0 Å². The van der Waals surface area contributed by atoms with Crippen LogP contribution in [0, 0.1) is 0 Å². The summed E-state index contributed by atoms with van der Waals surface area (Å²) in [7, 11) is -1.75. The van der Waals surface area contributed by atoms with Gasteiger partial charge in [-0.2, -0.15) is 0 Å². The molecule has 17 heavy (non-hydrogen) atoms. The van der Waals surface area contributed by atoms with Crippen molar-refractivity contribution in [2.24, 2.45) is 5.11 Å². The number of para-hydroxylation sites is 1. The molecule has 0 bridgehead atoms. The molecule has 0 aliphatic carbocycles. The van der Waals surface area contributed by atoms with E-state index < -0.39 is 14.6 Å². The highest BCUT2D eigenvalue weighted by Gasteiger charge is 2.30. The molecule has 1 aliphatic heterocycles. The highest BCUT2D eigenvalue weighted by atomic mass is 31.2. The summed E-state index contributed by atoms with van der Waals surface area (Å²) in [6, 6.07) is 6.76. The second-order valence-corrected chi connectivity index (χ2v) is 4.05. The monoisotopic (exact) mass is 253 g/mol. The minimum atomic E-state index is -1.75. The van der Waals surface area contributed by atoms with Crippen molar-refractivity contribution in [2.75, 3.05) is 13.2 Å². The first-order chi connectivity index (χ1) is 8.31. The molecule has 1 aromatic rings. The lowest BCUT2D eigenvalue weighted by Crippen LogP contribution is -2.13. The summed E-state index contributed by atoms with van der Waals surface area (Å²) in [5.74, 6) is -0.0274. The van der Waals surface area contributed by atoms with Crippen LogP contribution in [0.1, 0.15) is 10.4 Å². The number of fused-ring (bicyclic) bond motifs is 1. The van der Waals surface area contributed by atoms with Gasteiger partial charge in [0.05, 0.1) is 6.61 Å². The maximum Gasteiger partial charge on any atom is 0.465 e. The molecular weight excluding hydrogens is 245 g/mol. The van der Waals surface area contributed by atoms with Crippen molar-refractivity contribution < 1.29 is 18.4 Å². The molecule has 0 N–H and O–H groups in total. The van der Waals surface area contributed by atoms with E-state index >= 15 is 0 Å². The van der Waals surface area contributed by atoms with Crippen LogP contribution in [-0.4, -0.2) is 19.1 Å². The second kappa shape index (κ2) is 5.50. The topological polar surface area (TPSA) is 93.5 Å². The molecule has 1 unspecified atom stereocenters. The molecule has 0 aromatic heterocycles. The number of hydrogen-bond donors (Lipinski definition) is 0. The Morgan fingerprint density at radius 1 is 1.41 bits per heavy atom. The van der Waals surface area contributed by atoms with Crippen LogP contribution < -0.4 is 4.52 Å². The average Bonchev–Trinajstić information content (AvgIpc) is 2.35. The van der Waals surface area contributed by atoms with Gasteiger partial charge in [-0.15, -0.1) is 0 Å². The largest absolute Gasteiger partial charge is 0.465 e. The third-order valence-corrected chi connectivity index (χ3v) is 2.94. The fourth-order valence-electron chi connectivity index (χ4n) is 1.18. The molecule has 0 fully saturated rings. The van der Waals surface area contributed by atoms with Gasteiger partial charge in [-0.1, -0.05) is 17.2 Å². The molecule has 1 atom stereocenters. The fourth-order valence-corrected chi connectivity index (χ4v) is 2.11. The van der Waals surface area contributed by atoms with Crippen molar-refractivity contribution in [1.29, 1.82) is 0 Å². The number of benzene rings is 1. The Balaban J connectivity index is 1.97. The molecule has 1 heterocycles. The standard InChI is InChI=1S/C9H8N3O4P/c10-12-11-5-6-14-17-15-8-4-2-1-3-7(8)9(13)16-17/h1-4H,5-6H2. The van der Waals surface area contributed by atoms with E-state index in [1.54, 1.807) is 24.3 Å². The molecule has 1 aromatic carbocycles. The van der Waals surface area contributed by atoms with E-state index in [0.717, 1.165) is 0 Å². The molecule has 7 nitrogen and oxygen atoms in total. The van der Waals surface area contributed by atoms with Gasteiger partial charge in [0.15, 0.2) is 0 Å². The van der Waals surface area contributed by atoms with E-state index in [1.807, 2.05) is 0 Å². The van der Waals surface area contributed by atoms with Gasteiger partial charge in [0.2, 0.25) is 0 Å². The van der Waals surface area contributed by atoms with E-state index in [4.69, 9.17) is 19.1 Å². The van der Waals surface area contributed by atoms with Crippen LogP contribution in [0.5, 0.6) is 5.75 Å². The maximum atomic E-state index is 11.5. The Morgan fingerprint density at radius 3 is 3.06 bits per heavy atom. The van der Waals surface area contributed by atoms with Crippen LogP contribution in [0.2, 0.25) is 0 Å². The van der Waals surface area contributed by atoms with Crippen LogP contribution >= 0.6 is 8.60 Å². The van der Waals surface area contributed by atoms with E-state index in [2.05, 4.69) is 10.0 Å². The smallest absolute Gasteiger partial charge is 0.417 e. The van der Waals surface area contributed by atoms with Crippen LogP contribution in [0.25, 0.3) is 10.4 Å². The maximum absolute atomic E-state index is 11.5. The Kier molecular flexibility index (Phi) is 3.77. The van der Waals surface area contributed by atoms with Crippen molar-refractivity contribution >= 4 is 14.6 Å². The van der Waals surface area contributed by atoms with Gasteiger partial charge >= 0.3 is 14.6 Å². The first-order valence-corrected chi connectivity index (χ1v) is 5.84. The summed E-state index contributed by atoms with van der Waals surface area (Å²) in [6.07, 6.45) is 0. The second-order valence-electron chi connectivity index (χ2n) is 2.98. The van der Waals surface area contributed by atoms with Crippen LogP contribution in [0.4, 0.5) is 0 Å². The van der Waals surface area contributed by atoms with E-state index in [-0.39, 0.29) is 13.2 Å². The number of hydrogen-bond acceptors (Lipinski definition) is 5. The van der Waals surface area contributed by atoms with Gasteiger partial charge < -0.3 is 9.05 Å². The number of nitrogens with zero attached hydrogens (tertiary/aromatic N) is 3. The summed E-state index contributed by atoms with van der Waals surface area (Å²) in [5.41, 5.74) is 8.45. The Labute approximate surface area is 97.9 Å². The highest BCUT2D eigenvalue weighted by Crippen LogP contribution is 2.46. The number of carbonyl (C=O) groups is 1. The van der Waals surface area contributed by atoms with E-state index in [0.29, 0.717) is 11.3 Å². The molecule has 8 heteroatoms. The van der Waals surface area contributed by atoms with Gasteiger partial charge in [-0.3, -0.25) is 4.52 Å². The van der Waals surface area contributed by atoms with Gasteiger partial charge in [0.25, 0.3) is 0 Å².